The Morgan fingerprint density at radius 3 is 1.44 bits per heavy atom. The minimum Gasteiger partial charge on any atom is -0.497 e. The van der Waals surface area contributed by atoms with Crippen LogP contribution < -0.4 is 18.5 Å². The minimum absolute atomic E-state index is 0.134. The molecule has 0 amide bonds. The fourth-order valence-corrected chi connectivity index (χ4v) is 11.7. The van der Waals surface area contributed by atoms with Gasteiger partial charge in [0.2, 0.25) is 22.5 Å². The van der Waals surface area contributed by atoms with Crippen molar-refractivity contribution < 1.29 is 32.7 Å². The Morgan fingerprint density at radius 2 is 1.01 bits per heavy atom. The summed E-state index contributed by atoms with van der Waals surface area (Å²) in [5, 5.41) is 0. The molecular formula is C68H132O7P2. The Bertz CT molecular complexity index is 1540. The Balaban J connectivity index is -0.000000580. The van der Waals surface area contributed by atoms with Crippen LogP contribution in [-0.4, -0.2) is 43.3 Å². The van der Waals surface area contributed by atoms with Gasteiger partial charge in [0, 0.05) is 24.5 Å². The van der Waals surface area contributed by atoms with Crippen LogP contribution in [0.1, 0.15) is 308 Å². The summed E-state index contributed by atoms with van der Waals surface area (Å²) in [5.74, 6) is 6.18. The maximum atomic E-state index is 14.0. The quantitative estimate of drug-likeness (QED) is 0.0494. The SMILES string of the molecule is CC.CC.CC.CC.CC(C)C1CCCCC1.CCCCCC(C)CCCC.CCCCCCCCC.CCCP(O)Oc1cc(OC)ccc1C(=O)c1ccc(OC)cc1OP(CCC)OC1CC(C)CC[C@H]1C(C)C. The third-order valence-electron chi connectivity index (χ3n) is 14.0. The van der Waals surface area contributed by atoms with Crippen LogP contribution in [0, 0.1) is 35.5 Å². The Hall–Kier alpha value is -1.91. The van der Waals surface area contributed by atoms with Gasteiger partial charge in [0.05, 0.1) is 31.5 Å². The van der Waals surface area contributed by atoms with Crippen molar-refractivity contribution in [1.82, 2.24) is 0 Å². The highest BCUT2D eigenvalue weighted by Crippen LogP contribution is 2.49. The van der Waals surface area contributed by atoms with Gasteiger partial charge in [-0.3, -0.25) is 4.79 Å². The van der Waals surface area contributed by atoms with E-state index in [0.29, 0.717) is 52.3 Å². The molecule has 9 heteroatoms. The van der Waals surface area contributed by atoms with Gasteiger partial charge in [-0.15, -0.1) is 0 Å². The predicted octanol–water partition coefficient (Wildman–Crippen LogP) is 24.1. The van der Waals surface area contributed by atoms with Crippen LogP contribution in [0.5, 0.6) is 23.0 Å². The molecule has 0 saturated heterocycles. The van der Waals surface area contributed by atoms with Crippen LogP contribution in [0.25, 0.3) is 0 Å². The van der Waals surface area contributed by atoms with Gasteiger partial charge in [-0.2, -0.15) is 0 Å². The molecule has 2 aromatic rings. The number of methoxy groups -OCH3 is 2. The number of unbranched alkanes of at least 4 members (excludes halogenated alkanes) is 9. The topological polar surface area (TPSA) is 83.5 Å². The van der Waals surface area contributed by atoms with Crippen molar-refractivity contribution in [2.75, 3.05) is 26.5 Å². The summed E-state index contributed by atoms with van der Waals surface area (Å²) in [6, 6.07) is 10.2. The molecule has 0 aromatic heterocycles. The van der Waals surface area contributed by atoms with Gasteiger partial charge in [-0.25, -0.2) is 0 Å². The lowest BCUT2D eigenvalue weighted by molar-refractivity contribution is 0.0484. The van der Waals surface area contributed by atoms with Gasteiger partial charge < -0.3 is 27.9 Å². The molecule has 4 rings (SSSR count). The van der Waals surface area contributed by atoms with Crippen molar-refractivity contribution in [2.45, 2.75) is 299 Å². The summed E-state index contributed by atoms with van der Waals surface area (Å²) in [6.07, 6.45) is 33.8. The van der Waals surface area contributed by atoms with Crippen molar-refractivity contribution >= 4 is 22.5 Å². The number of hydrogen-bond donors (Lipinski definition) is 1. The zero-order valence-corrected chi connectivity index (χ0v) is 57.0. The van der Waals surface area contributed by atoms with Crippen LogP contribution in [0.3, 0.4) is 0 Å². The average molecular weight is 1120 g/mol. The molecule has 2 aliphatic carbocycles. The molecule has 0 spiro atoms. The van der Waals surface area contributed by atoms with E-state index in [-0.39, 0.29) is 17.6 Å². The van der Waals surface area contributed by atoms with Crippen LogP contribution in [0.2, 0.25) is 0 Å². The molecule has 0 aliphatic heterocycles. The Morgan fingerprint density at radius 1 is 0.558 bits per heavy atom. The van der Waals surface area contributed by atoms with Crippen LogP contribution >= 0.6 is 16.8 Å². The first-order chi connectivity index (χ1) is 37.2. The van der Waals surface area contributed by atoms with E-state index in [1.807, 2.05) is 62.3 Å². The number of ether oxygens (including phenoxy) is 2. The first kappa shape index (κ1) is 81.6. The highest BCUT2D eigenvalue weighted by Gasteiger charge is 2.34. The highest BCUT2D eigenvalue weighted by atomic mass is 31.2. The molecule has 0 bridgehead atoms. The highest BCUT2D eigenvalue weighted by molar-refractivity contribution is 7.47. The van der Waals surface area contributed by atoms with Gasteiger partial charge in [0.1, 0.15) is 23.0 Å². The molecule has 456 valence electrons. The molecule has 2 aliphatic rings. The van der Waals surface area contributed by atoms with Gasteiger partial charge in [-0.05, 0) is 85.5 Å². The van der Waals surface area contributed by atoms with Crippen LogP contribution in [-0.2, 0) is 4.52 Å². The number of rotatable bonds is 29. The van der Waals surface area contributed by atoms with E-state index >= 15 is 0 Å². The second-order valence-electron chi connectivity index (χ2n) is 21.0. The maximum absolute atomic E-state index is 14.0. The van der Waals surface area contributed by atoms with Crippen molar-refractivity contribution in [2.24, 2.45) is 35.5 Å². The average Bonchev–Trinajstić information content (AvgIpc) is 3.45. The molecule has 2 aromatic carbocycles. The fraction of sp³-hybridized carbons (Fsp3) is 0.809. The number of ketones is 1. The Kier molecular flexibility index (Phi) is 60.7. The summed E-state index contributed by atoms with van der Waals surface area (Å²) in [7, 11) is 0.139. The molecule has 7 nitrogen and oxygen atoms in total. The smallest absolute Gasteiger partial charge is 0.230 e. The minimum atomic E-state index is -1.72. The van der Waals surface area contributed by atoms with E-state index in [1.165, 1.54) is 128 Å². The van der Waals surface area contributed by atoms with Crippen LogP contribution in [0.4, 0.5) is 0 Å². The molecule has 1 N–H and O–H groups in total. The van der Waals surface area contributed by atoms with E-state index in [9.17, 15) is 9.69 Å². The van der Waals surface area contributed by atoms with E-state index in [0.717, 1.165) is 49.6 Å². The molecule has 2 fully saturated rings. The molecule has 0 heterocycles. The molecule has 2 saturated carbocycles. The number of carbonyl (C=O) groups excluding carboxylic acids is 1. The molecule has 6 atom stereocenters. The van der Waals surface area contributed by atoms with Crippen molar-refractivity contribution in [3.63, 3.8) is 0 Å². The normalized spacial score (nSPS) is 16.8. The van der Waals surface area contributed by atoms with Gasteiger partial charge >= 0.3 is 0 Å². The monoisotopic (exact) mass is 1120 g/mol. The second-order valence-corrected chi connectivity index (χ2v) is 23.8. The fourth-order valence-electron chi connectivity index (χ4n) is 9.35. The Labute approximate surface area is 484 Å². The van der Waals surface area contributed by atoms with Crippen molar-refractivity contribution in [3.05, 3.63) is 47.5 Å². The van der Waals surface area contributed by atoms with Crippen molar-refractivity contribution in [3.8, 4) is 23.0 Å². The summed E-state index contributed by atoms with van der Waals surface area (Å²) < 4.78 is 30.0. The molecule has 77 heavy (non-hydrogen) atoms. The summed E-state index contributed by atoms with van der Waals surface area (Å²) in [5.41, 5.74) is 0.716. The number of benzene rings is 2. The van der Waals surface area contributed by atoms with E-state index in [1.54, 1.807) is 50.6 Å². The third kappa shape index (κ3) is 40.0. The standard InChI is InChI=1S/C31H46O7P2.C11H24.C9H18.C9H20.4C2H6/c1-8-16-39(33)36-29-19-23(34-6)11-14-26(29)31(32)27-15-12-24(35-7)20-30(27)38-40(17-9-2)37-28-18-22(5)10-13-25(28)21(3)4;1-4-6-8-10-11(3)9-7-5-2;1-8(2)9-6-4-3-5-7-9;1-3-5-7-9-8-6-4-2;4*1-2/h11-12,14-15,19-22,25,28,33H,8-10,13,16-18H2,1-7H3;11H,4-10H2,1-3H3;8-9H,3-7H2,1-2H3;3-9H2,1-2H3;4*1-2H3/t22?,25-,28?,39?,40?;;;;;;;/m0......./s1. The number of carbonyl (C=O) groups is 1. The molecule has 5 unspecified atom stereocenters. The van der Waals surface area contributed by atoms with E-state index < -0.39 is 16.8 Å². The van der Waals surface area contributed by atoms with Gasteiger partial charge in [0.15, 0.2) is 0 Å². The maximum Gasteiger partial charge on any atom is 0.230 e. The predicted molar refractivity (Wildman–Crippen MR) is 347 cm³/mol. The van der Waals surface area contributed by atoms with E-state index in [2.05, 4.69) is 76.2 Å². The lowest BCUT2D eigenvalue weighted by atomic mass is 9.75. The third-order valence-corrected chi connectivity index (χ3v) is 16.9. The lowest BCUT2D eigenvalue weighted by Crippen LogP contribution is -2.33. The summed E-state index contributed by atoms with van der Waals surface area (Å²) in [6.45, 7) is 43.1. The molecular weight excluding hydrogens is 991 g/mol. The van der Waals surface area contributed by atoms with Gasteiger partial charge in [0.25, 0.3) is 0 Å². The molecule has 0 radical (unpaired) electrons. The lowest BCUT2D eigenvalue weighted by Gasteiger charge is -2.38. The first-order valence-electron chi connectivity index (χ1n) is 32.4. The zero-order chi connectivity index (χ0) is 59.4. The first-order valence-corrected chi connectivity index (χ1v) is 35.2. The summed E-state index contributed by atoms with van der Waals surface area (Å²) in [4.78, 5) is 24.4. The van der Waals surface area contributed by atoms with Crippen LogP contribution in [0.15, 0.2) is 36.4 Å². The number of hydrogen-bond acceptors (Lipinski definition) is 7. The summed E-state index contributed by atoms with van der Waals surface area (Å²) >= 11 is 0. The zero-order valence-electron chi connectivity index (χ0n) is 55.2. The van der Waals surface area contributed by atoms with Gasteiger partial charge in [-0.1, -0.05) is 267 Å². The largest absolute Gasteiger partial charge is 0.497 e. The van der Waals surface area contributed by atoms with E-state index in [4.69, 9.17) is 23.0 Å². The second kappa shape index (κ2) is 57.3. The van der Waals surface area contributed by atoms with Crippen molar-refractivity contribution in [1.29, 1.82) is 0 Å².